The van der Waals surface area contributed by atoms with Gasteiger partial charge in [-0.25, -0.2) is 13.8 Å². The molecule has 0 bridgehead atoms. The van der Waals surface area contributed by atoms with E-state index in [0.717, 1.165) is 23.8 Å². The summed E-state index contributed by atoms with van der Waals surface area (Å²) in [7, 11) is -4.35. The number of esters is 2. The number of aromatic amines is 1. The van der Waals surface area contributed by atoms with E-state index in [0.29, 0.717) is 19.3 Å². The van der Waals surface area contributed by atoms with Gasteiger partial charge in [-0.1, -0.05) is 18.2 Å². The van der Waals surface area contributed by atoms with E-state index in [1.165, 1.54) is 19.1 Å². The Labute approximate surface area is 228 Å². The van der Waals surface area contributed by atoms with Crippen LogP contribution in [-0.4, -0.2) is 58.6 Å². The van der Waals surface area contributed by atoms with Crippen LogP contribution in [0.25, 0.3) is 0 Å². The lowest BCUT2D eigenvalue weighted by molar-refractivity contribution is -0.158. The lowest BCUT2D eigenvalue weighted by Gasteiger charge is -2.28. The highest BCUT2D eigenvalue weighted by atomic mass is 31.2. The number of nitrogens with one attached hydrogen (secondary N) is 2. The van der Waals surface area contributed by atoms with Gasteiger partial charge in [0.15, 0.2) is 18.0 Å². The minimum atomic E-state index is -4.35. The Morgan fingerprint density at radius 2 is 1.85 bits per heavy atom. The van der Waals surface area contributed by atoms with Crippen molar-refractivity contribution in [1.29, 1.82) is 0 Å². The maximum absolute atomic E-state index is 16.3. The van der Waals surface area contributed by atoms with Crippen LogP contribution in [-0.2, 0) is 32.9 Å². The summed E-state index contributed by atoms with van der Waals surface area (Å²) in [5.41, 5.74) is -4.12. The first kappa shape index (κ1) is 29.7. The normalized spacial score (nSPS) is 32.5. The highest BCUT2D eigenvalue weighted by Crippen LogP contribution is 2.48. The zero-order valence-electron chi connectivity index (χ0n) is 21.9. The second-order valence-corrected chi connectivity index (χ2v) is 11.3. The van der Waals surface area contributed by atoms with Crippen LogP contribution in [0.5, 0.6) is 5.75 Å². The smallest absolute Gasteiger partial charge is 0.459 e. The monoisotopic (exact) mass is 583 g/mol. The fourth-order valence-corrected chi connectivity index (χ4v) is 5.86. The van der Waals surface area contributed by atoms with Gasteiger partial charge in [-0.15, -0.1) is 0 Å². The molecular weight excluding hydrogens is 552 g/mol. The van der Waals surface area contributed by atoms with Crippen molar-refractivity contribution in [3.8, 4) is 5.75 Å². The van der Waals surface area contributed by atoms with Gasteiger partial charge >= 0.3 is 25.4 Å². The Balaban J connectivity index is 1.66. The molecule has 0 saturated carbocycles. The van der Waals surface area contributed by atoms with Gasteiger partial charge in [-0.05, 0) is 45.2 Å². The summed E-state index contributed by atoms with van der Waals surface area (Å²) < 4.78 is 58.7. The highest BCUT2D eigenvalue weighted by molar-refractivity contribution is 7.52. The molecule has 1 aromatic carbocycles. The van der Waals surface area contributed by atoms with Crippen molar-refractivity contribution < 1.29 is 41.8 Å². The number of aromatic nitrogens is 2. The molecule has 1 unspecified atom stereocenters. The number of ether oxygens (including phenoxy) is 3. The fourth-order valence-electron chi connectivity index (χ4n) is 4.36. The predicted molar refractivity (Wildman–Crippen MR) is 137 cm³/mol. The molecule has 4 rings (SSSR count). The molecule has 2 aliphatic rings. The molecule has 2 aliphatic heterocycles. The van der Waals surface area contributed by atoms with Crippen molar-refractivity contribution in [1.82, 2.24) is 14.6 Å². The van der Waals surface area contributed by atoms with E-state index < -0.39 is 67.7 Å². The van der Waals surface area contributed by atoms with Crippen molar-refractivity contribution in [2.24, 2.45) is 0 Å². The van der Waals surface area contributed by atoms with Crippen LogP contribution in [0.4, 0.5) is 4.39 Å². The Morgan fingerprint density at radius 3 is 2.58 bits per heavy atom. The Hall–Kier alpha value is -3.32. The van der Waals surface area contributed by atoms with Crippen LogP contribution >= 0.6 is 7.75 Å². The first-order valence-corrected chi connectivity index (χ1v) is 14.3. The number of hydrogen-bond acceptors (Lipinski definition) is 10. The Kier molecular flexibility index (Phi) is 9.24. The number of alkyl halides is 1. The first-order chi connectivity index (χ1) is 19.0. The lowest BCUT2D eigenvalue weighted by atomic mass is 9.98. The quantitative estimate of drug-likeness (QED) is 0.403. The zero-order chi connectivity index (χ0) is 28.9. The number of para-hydroxylation sites is 1. The highest BCUT2D eigenvalue weighted by Gasteiger charge is 2.58. The first-order valence-electron chi connectivity index (χ1n) is 12.8. The van der Waals surface area contributed by atoms with Crippen LogP contribution < -0.4 is 20.9 Å². The average molecular weight is 584 g/mol. The van der Waals surface area contributed by atoms with Crippen LogP contribution in [0.3, 0.4) is 0 Å². The summed E-state index contributed by atoms with van der Waals surface area (Å²) in [5.74, 6) is -1.27. The number of rotatable bonds is 3. The molecule has 218 valence electrons. The molecule has 13 nitrogen and oxygen atoms in total. The summed E-state index contributed by atoms with van der Waals surface area (Å²) in [6.07, 6.45) is -2.22. The number of nitrogens with zero attached hydrogens (tertiary/aromatic N) is 1. The molecule has 15 heteroatoms. The van der Waals surface area contributed by atoms with Crippen molar-refractivity contribution in [2.75, 3.05) is 13.2 Å². The third kappa shape index (κ3) is 7.05. The van der Waals surface area contributed by atoms with E-state index in [1.54, 1.807) is 18.2 Å². The van der Waals surface area contributed by atoms with E-state index in [1.807, 2.05) is 4.98 Å². The number of carbonyl (C=O) groups is 2. The van der Waals surface area contributed by atoms with Gasteiger partial charge in [0.1, 0.15) is 17.9 Å². The molecule has 3 heterocycles. The van der Waals surface area contributed by atoms with E-state index >= 15 is 4.39 Å². The molecule has 0 amide bonds. The summed E-state index contributed by atoms with van der Waals surface area (Å²) >= 11 is 0. The fraction of sp³-hybridized carbons (Fsp3) is 0.520. The summed E-state index contributed by atoms with van der Waals surface area (Å²) in [5, 5.41) is 2.53. The third-order valence-corrected chi connectivity index (χ3v) is 8.04. The standard InChI is InChI=1S/C25H31FN3O10P/c1-16-22(32)35-14-8-4-7-11-20(31)38-21-18(15-36-40(34,28-16)39-17-9-5-3-6-10-17)37-23(25(21,2)26)29-13-12-19(30)27-24(29)33/h3,5-6,9-10,12-13,16,18,21,23H,4,7-8,11,14-15H2,1-2H3,(H,28,34)(H,27,30,33)/t16-,18+,21+,23+,25+,40?/m0/s1. The van der Waals surface area contributed by atoms with Crippen LogP contribution in [0.15, 0.2) is 52.2 Å². The number of halogens is 1. The molecule has 2 fully saturated rings. The predicted octanol–water partition coefficient (Wildman–Crippen LogP) is 2.37. The summed E-state index contributed by atoms with van der Waals surface area (Å²) in [6, 6.07) is 7.90. The second-order valence-electron chi connectivity index (χ2n) is 9.63. The van der Waals surface area contributed by atoms with E-state index in [2.05, 4.69) is 5.09 Å². The molecule has 2 saturated heterocycles. The molecule has 1 aromatic heterocycles. The lowest BCUT2D eigenvalue weighted by Crippen LogP contribution is -2.46. The summed E-state index contributed by atoms with van der Waals surface area (Å²) in [6.45, 7) is 1.94. The molecule has 0 aliphatic carbocycles. The SMILES string of the molecule is C[C@@H]1NP(=O)(Oc2ccccc2)OC[C@H]2O[C@@H](n3ccc(=O)[nH]c3=O)[C@](C)(F)[C@@H]2OC(=O)CCCCCOC1=O. The number of fused-ring (bicyclic) bond motifs is 1. The largest absolute Gasteiger partial charge is 0.465 e. The summed E-state index contributed by atoms with van der Waals surface area (Å²) in [4.78, 5) is 51.2. The number of cyclic esters (lactones) is 1. The molecule has 0 spiro atoms. The van der Waals surface area contributed by atoms with Gasteiger partial charge in [0.05, 0.1) is 13.2 Å². The van der Waals surface area contributed by atoms with Crippen molar-refractivity contribution in [3.05, 3.63) is 63.4 Å². The minimum absolute atomic E-state index is 0.0506. The number of carbonyl (C=O) groups excluding carboxylic acids is 2. The number of benzene rings is 1. The van der Waals surface area contributed by atoms with Gasteiger partial charge in [0.2, 0.25) is 0 Å². The number of H-pyrrole nitrogens is 1. The van der Waals surface area contributed by atoms with Gasteiger partial charge in [0, 0.05) is 18.7 Å². The molecule has 2 N–H and O–H groups in total. The topological polar surface area (TPSA) is 164 Å². The second kappa shape index (κ2) is 12.5. The maximum Gasteiger partial charge on any atom is 0.459 e. The van der Waals surface area contributed by atoms with E-state index in [-0.39, 0.29) is 18.8 Å². The van der Waals surface area contributed by atoms with E-state index in [4.69, 9.17) is 23.3 Å². The van der Waals surface area contributed by atoms with Gasteiger partial charge in [0.25, 0.3) is 5.56 Å². The zero-order valence-corrected chi connectivity index (χ0v) is 22.8. The molecular formula is C25H31FN3O10P. The van der Waals surface area contributed by atoms with Crippen LogP contribution in [0.1, 0.15) is 45.8 Å². The van der Waals surface area contributed by atoms with Crippen molar-refractivity contribution >= 4 is 19.7 Å². The van der Waals surface area contributed by atoms with Crippen molar-refractivity contribution in [3.63, 3.8) is 0 Å². The molecule has 2 aromatic rings. The van der Waals surface area contributed by atoms with Crippen molar-refractivity contribution in [2.45, 2.75) is 69.7 Å². The Morgan fingerprint density at radius 1 is 1.10 bits per heavy atom. The third-order valence-electron chi connectivity index (χ3n) is 6.40. The number of hydrogen-bond donors (Lipinski definition) is 2. The van der Waals surface area contributed by atoms with Crippen LogP contribution in [0.2, 0.25) is 0 Å². The molecule has 6 atom stereocenters. The Bertz CT molecular complexity index is 1360. The van der Waals surface area contributed by atoms with Gasteiger partial charge in [-0.3, -0.25) is 28.5 Å². The van der Waals surface area contributed by atoms with Gasteiger partial charge in [-0.2, -0.15) is 5.09 Å². The molecule has 0 radical (unpaired) electrons. The average Bonchev–Trinajstić information content (AvgIpc) is 3.14. The van der Waals surface area contributed by atoms with Crippen LogP contribution in [0, 0.1) is 0 Å². The molecule has 40 heavy (non-hydrogen) atoms. The van der Waals surface area contributed by atoms with Gasteiger partial charge < -0.3 is 18.7 Å². The maximum atomic E-state index is 16.3. The van der Waals surface area contributed by atoms with E-state index in [9.17, 15) is 23.7 Å². The minimum Gasteiger partial charge on any atom is -0.465 e.